The van der Waals surface area contributed by atoms with Crippen molar-refractivity contribution in [1.29, 1.82) is 0 Å². The molecule has 32 heavy (non-hydrogen) atoms. The van der Waals surface area contributed by atoms with Gasteiger partial charge in [0.25, 0.3) is 0 Å². The number of carboxylic acid groups (broad SMARTS) is 1. The zero-order valence-electron chi connectivity index (χ0n) is 18.9. The van der Waals surface area contributed by atoms with Crippen LogP contribution >= 0.6 is 11.8 Å². The van der Waals surface area contributed by atoms with E-state index < -0.39 is 29.6 Å². The number of hydrogen-bond donors (Lipinski definition) is 2. The van der Waals surface area contributed by atoms with Crippen LogP contribution in [0.25, 0.3) is 0 Å². The lowest BCUT2D eigenvalue weighted by Crippen LogP contribution is -2.60. The van der Waals surface area contributed by atoms with Crippen LogP contribution in [-0.2, 0) is 25.5 Å². The first kappa shape index (κ1) is 24.6. The summed E-state index contributed by atoms with van der Waals surface area (Å²) in [6.45, 7) is 3.74. The lowest BCUT2D eigenvalue weighted by atomic mass is 9.92. The van der Waals surface area contributed by atoms with Crippen LogP contribution in [0, 0.1) is 0 Å². The molecule has 176 valence electrons. The Balaban J connectivity index is 1.74. The molecule has 2 heterocycles. The molecule has 0 bridgehead atoms. The van der Waals surface area contributed by atoms with Gasteiger partial charge in [0, 0.05) is 5.75 Å². The molecule has 2 aliphatic rings. The topological polar surface area (TPSA) is 95.9 Å². The highest BCUT2D eigenvalue weighted by atomic mass is 32.2. The van der Waals surface area contributed by atoms with Gasteiger partial charge >= 0.3 is 11.9 Å². The Kier molecular flexibility index (Phi) is 8.59. The number of amides is 1. The van der Waals surface area contributed by atoms with Crippen LogP contribution in [0.15, 0.2) is 30.3 Å². The van der Waals surface area contributed by atoms with Gasteiger partial charge in [0.15, 0.2) is 0 Å². The second-order valence-electron chi connectivity index (χ2n) is 8.70. The molecule has 4 atom stereocenters. The summed E-state index contributed by atoms with van der Waals surface area (Å²) in [7, 11) is 0. The predicted octanol–water partition coefficient (Wildman–Crippen LogP) is 2.87. The van der Waals surface area contributed by atoms with E-state index in [1.54, 1.807) is 30.5 Å². The molecule has 3 rings (SSSR count). The van der Waals surface area contributed by atoms with Crippen molar-refractivity contribution in [2.75, 3.05) is 18.1 Å². The number of aryl methyl sites for hydroxylation is 1. The van der Waals surface area contributed by atoms with Crippen LogP contribution in [0.3, 0.4) is 0 Å². The average Bonchev–Trinajstić information content (AvgIpc) is 3.15. The van der Waals surface area contributed by atoms with Gasteiger partial charge in [0.1, 0.15) is 12.1 Å². The summed E-state index contributed by atoms with van der Waals surface area (Å²) in [5.74, 6) is 0.224. The maximum atomic E-state index is 13.6. The van der Waals surface area contributed by atoms with Crippen LogP contribution < -0.4 is 5.32 Å². The van der Waals surface area contributed by atoms with Crippen molar-refractivity contribution < 1.29 is 24.2 Å². The van der Waals surface area contributed by atoms with Gasteiger partial charge in [0.05, 0.1) is 18.2 Å². The maximum absolute atomic E-state index is 13.6. The number of rotatable bonds is 9. The van der Waals surface area contributed by atoms with Crippen LogP contribution in [0.2, 0.25) is 0 Å². The Morgan fingerprint density at radius 2 is 2.03 bits per heavy atom. The maximum Gasteiger partial charge on any atom is 0.326 e. The van der Waals surface area contributed by atoms with Crippen molar-refractivity contribution >= 4 is 29.6 Å². The van der Waals surface area contributed by atoms with E-state index in [-0.39, 0.29) is 18.5 Å². The lowest BCUT2D eigenvalue weighted by molar-refractivity contribution is -0.154. The first-order valence-corrected chi connectivity index (χ1v) is 12.6. The molecule has 8 heteroatoms. The highest BCUT2D eigenvalue weighted by Crippen LogP contribution is 2.43. The average molecular weight is 463 g/mol. The second kappa shape index (κ2) is 11.2. The van der Waals surface area contributed by atoms with Crippen molar-refractivity contribution in [2.45, 2.75) is 76.0 Å². The highest BCUT2D eigenvalue weighted by molar-refractivity contribution is 7.99. The minimum absolute atomic E-state index is 0.244. The summed E-state index contributed by atoms with van der Waals surface area (Å²) in [6.07, 6.45) is 4.15. The molecule has 0 aliphatic carbocycles. The third-order valence-electron chi connectivity index (χ3n) is 6.49. The first-order valence-electron chi connectivity index (χ1n) is 11.5. The molecule has 7 nitrogen and oxygen atoms in total. The standard InChI is InChI=1S/C24H34N2O5S/c1-3-31-23(30)19(11-10-18-8-5-4-6-9-18)25-17(2)21(27)26-20(22(28)29)12-14-24(26)13-7-15-32-16-24/h4-6,8-9,17,19-20,25H,3,7,10-16H2,1-2H3,(H,28,29)/t17?,19-,20-,24?/m0/s1. The number of hydrogen-bond acceptors (Lipinski definition) is 6. The van der Waals surface area contributed by atoms with E-state index in [1.165, 1.54) is 0 Å². The third kappa shape index (κ3) is 5.64. The minimum atomic E-state index is -0.955. The van der Waals surface area contributed by atoms with E-state index in [4.69, 9.17) is 4.74 Å². The number of esters is 1. The van der Waals surface area contributed by atoms with Crippen LogP contribution in [0.4, 0.5) is 0 Å². The molecule has 2 fully saturated rings. The van der Waals surface area contributed by atoms with Crippen molar-refractivity contribution in [1.82, 2.24) is 10.2 Å². The number of carbonyl (C=O) groups is 3. The molecule has 0 radical (unpaired) electrons. The van der Waals surface area contributed by atoms with Crippen LogP contribution in [0.5, 0.6) is 0 Å². The van der Waals surface area contributed by atoms with Crippen LogP contribution in [0.1, 0.15) is 51.5 Å². The van der Waals surface area contributed by atoms with Gasteiger partial charge in [-0.25, -0.2) is 4.79 Å². The van der Waals surface area contributed by atoms with E-state index in [0.717, 1.165) is 29.9 Å². The molecule has 2 aliphatic heterocycles. The van der Waals surface area contributed by atoms with Crippen molar-refractivity contribution in [2.24, 2.45) is 0 Å². The Hall–Kier alpha value is -2.06. The van der Waals surface area contributed by atoms with Gasteiger partial charge in [-0.1, -0.05) is 30.3 Å². The Morgan fingerprint density at radius 1 is 1.28 bits per heavy atom. The number of nitrogens with zero attached hydrogens (tertiary/aromatic N) is 1. The zero-order valence-corrected chi connectivity index (χ0v) is 19.7. The molecular weight excluding hydrogens is 428 g/mol. The minimum Gasteiger partial charge on any atom is -0.480 e. The number of benzene rings is 1. The number of thioether (sulfide) groups is 1. The van der Waals surface area contributed by atoms with Gasteiger partial charge in [-0.15, -0.1) is 0 Å². The summed E-state index contributed by atoms with van der Waals surface area (Å²) in [5.41, 5.74) is 0.703. The number of likely N-dealkylation sites (tertiary alicyclic amines) is 1. The van der Waals surface area contributed by atoms with Crippen molar-refractivity contribution in [3.8, 4) is 0 Å². The zero-order chi connectivity index (χ0) is 23.1. The third-order valence-corrected chi connectivity index (χ3v) is 7.81. The Morgan fingerprint density at radius 3 is 2.66 bits per heavy atom. The van der Waals surface area contributed by atoms with Gasteiger partial charge in [-0.3, -0.25) is 14.9 Å². The molecule has 1 spiro atoms. The quantitative estimate of drug-likeness (QED) is 0.545. The van der Waals surface area contributed by atoms with Gasteiger partial charge < -0.3 is 14.7 Å². The van der Waals surface area contributed by atoms with Gasteiger partial charge in [-0.05, 0) is 63.7 Å². The second-order valence-corrected chi connectivity index (χ2v) is 9.80. The fourth-order valence-electron chi connectivity index (χ4n) is 4.88. The SMILES string of the molecule is CCOC(=O)[C@H](CCc1ccccc1)NC(C)C(=O)N1[C@H](C(=O)O)CCC12CCCSC2. The molecule has 2 N–H and O–H groups in total. The molecule has 1 aromatic rings. The van der Waals surface area contributed by atoms with E-state index in [0.29, 0.717) is 25.7 Å². The molecule has 1 aromatic carbocycles. The molecule has 0 aromatic heterocycles. The number of nitrogens with one attached hydrogen (secondary N) is 1. The highest BCUT2D eigenvalue weighted by Gasteiger charge is 2.52. The largest absolute Gasteiger partial charge is 0.480 e. The molecular formula is C24H34N2O5S. The van der Waals surface area contributed by atoms with Gasteiger partial charge in [-0.2, -0.15) is 11.8 Å². The molecule has 1 amide bonds. The molecule has 2 saturated heterocycles. The van der Waals surface area contributed by atoms with Crippen LogP contribution in [-0.4, -0.2) is 69.6 Å². The normalized spacial score (nSPS) is 24.8. The summed E-state index contributed by atoms with van der Waals surface area (Å²) in [6, 6.07) is 7.72. The number of ether oxygens (including phenoxy) is 1. The molecule has 2 unspecified atom stereocenters. The number of carboxylic acids is 1. The van der Waals surface area contributed by atoms with Crippen molar-refractivity contribution in [3.63, 3.8) is 0 Å². The van der Waals surface area contributed by atoms with E-state index in [1.807, 2.05) is 30.3 Å². The first-order chi connectivity index (χ1) is 15.4. The summed E-state index contributed by atoms with van der Waals surface area (Å²) in [5, 5.41) is 12.9. The monoisotopic (exact) mass is 462 g/mol. The smallest absolute Gasteiger partial charge is 0.326 e. The number of aliphatic carboxylic acids is 1. The van der Waals surface area contributed by atoms with Gasteiger partial charge in [0.2, 0.25) is 5.91 Å². The van der Waals surface area contributed by atoms with E-state index in [9.17, 15) is 19.5 Å². The fraction of sp³-hybridized carbons (Fsp3) is 0.625. The summed E-state index contributed by atoms with van der Waals surface area (Å²) < 4.78 is 5.24. The summed E-state index contributed by atoms with van der Waals surface area (Å²) in [4.78, 5) is 39.7. The van der Waals surface area contributed by atoms with E-state index >= 15 is 0 Å². The van der Waals surface area contributed by atoms with Crippen molar-refractivity contribution in [3.05, 3.63) is 35.9 Å². The Bertz CT molecular complexity index is 797. The number of carbonyl (C=O) groups excluding carboxylic acids is 2. The predicted molar refractivity (Wildman–Crippen MR) is 125 cm³/mol. The van der Waals surface area contributed by atoms with E-state index in [2.05, 4.69) is 5.32 Å². The summed E-state index contributed by atoms with van der Waals surface area (Å²) >= 11 is 1.79. The Labute approximate surface area is 194 Å². The molecule has 0 saturated carbocycles. The fourth-order valence-corrected chi connectivity index (χ4v) is 6.18. The lowest BCUT2D eigenvalue weighted by Gasteiger charge is -2.44.